The predicted octanol–water partition coefficient (Wildman–Crippen LogP) is 0.745. The predicted molar refractivity (Wildman–Crippen MR) is 78.3 cm³/mol. The van der Waals surface area contributed by atoms with Gasteiger partial charge in [0.2, 0.25) is 0 Å². The van der Waals surface area contributed by atoms with Crippen molar-refractivity contribution in [1.29, 1.82) is 0 Å². The molecule has 3 fully saturated rings. The number of hydrogen-bond donors (Lipinski definition) is 1. The van der Waals surface area contributed by atoms with Crippen LogP contribution in [0.3, 0.4) is 0 Å². The van der Waals surface area contributed by atoms with E-state index in [9.17, 15) is 9.90 Å². The molecular weight excluding hydrogens is 317 g/mol. The number of fused-ring (bicyclic) bond motifs is 5. The summed E-state index contributed by atoms with van der Waals surface area (Å²) in [6.07, 6.45) is 3.75. The van der Waals surface area contributed by atoms with Crippen molar-refractivity contribution >= 4 is 25.2 Å². The van der Waals surface area contributed by atoms with Crippen LogP contribution in [-0.2, 0) is 4.79 Å². The second-order valence-corrected chi connectivity index (χ2v) is 8.87. The van der Waals surface area contributed by atoms with E-state index in [1.165, 1.54) is 4.46 Å². The first-order valence-electron chi connectivity index (χ1n) is 7.42. The Labute approximate surface area is 125 Å². The molecule has 2 saturated heterocycles. The van der Waals surface area contributed by atoms with E-state index in [0.717, 1.165) is 25.8 Å². The number of Topliss-reactive ketones (excluding diaryl/α,β-unsaturated/α-hetero) is 1. The van der Waals surface area contributed by atoms with Gasteiger partial charge in [0.25, 0.3) is 0 Å². The number of nitrogens with zero attached hydrogens (tertiary/aromatic N) is 1. The summed E-state index contributed by atoms with van der Waals surface area (Å²) in [7, 11) is 0. The summed E-state index contributed by atoms with van der Waals surface area (Å²) in [4.78, 5) is 15.3. The van der Waals surface area contributed by atoms with Crippen LogP contribution in [0.5, 0.6) is 0 Å². The Morgan fingerprint density at radius 3 is 2.90 bits per heavy atom. The van der Waals surface area contributed by atoms with Gasteiger partial charge in [-0.3, -0.25) is 0 Å². The molecule has 2 bridgehead atoms. The summed E-state index contributed by atoms with van der Waals surface area (Å²) in [6.45, 7) is 1.07. The molecule has 1 aromatic carbocycles. The van der Waals surface area contributed by atoms with Gasteiger partial charge in [0, 0.05) is 0 Å². The molecule has 2 heterocycles. The molecule has 20 heavy (non-hydrogen) atoms. The van der Waals surface area contributed by atoms with Gasteiger partial charge in [-0.15, -0.1) is 0 Å². The van der Waals surface area contributed by atoms with Crippen LogP contribution in [0.2, 0.25) is 4.82 Å². The van der Waals surface area contributed by atoms with Crippen LogP contribution in [-0.4, -0.2) is 55.0 Å². The molecule has 4 atom stereocenters. The maximum absolute atomic E-state index is 12.8. The summed E-state index contributed by atoms with van der Waals surface area (Å²) < 4.78 is 1.27. The van der Waals surface area contributed by atoms with Crippen molar-refractivity contribution in [1.82, 2.24) is 4.90 Å². The molecule has 106 valence electrons. The average Bonchev–Trinajstić information content (AvgIpc) is 3.01. The second kappa shape index (κ2) is 4.67. The summed E-state index contributed by atoms with van der Waals surface area (Å²) in [6, 6.07) is 10.8. The maximum atomic E-state index is 12.8. The number of carbonyl (C=O) groups is 1. The summed E-state index contributed by atoms with van der Waals surface area (Å²) in [5, 5.41) is 10.9. The van der Waals surface area contributed by atoms with Crippen molar-refractivity contribution in [3.8, 4) is 0 Å². The Morgan fingerprint density at radius 1 is 1.30 bits per heavy atom. The Balaban J connectivity index is 1.60. The summed E-state index contributed by atoms with van der Waals surface area (Å²) in [5.74, 6) is 0.131. The van der Waals surface area contributed by atoms with Crippen LogP contribution in [0.15, 0.2) is 30.3 Å². The number of hydrogen-bond acceptors (Lipinski definition) is 3. The molecule has 0 amide bonds. The Kier molecular flexibility index (Phi) is 3.04. The molecule has 3 aliphatic rings. The van der Waals surface area contributed by atoms with E-state index in [2.05, 4.69) is 17.0 Å². The Bertz CT molecular complexity index is 535. The molecule has 1 saturated carbocycles. The first-order valence-corrected chi connectivity index (χ1v) is 9.27. The van der Waals surface area contributed by atoms with E-state index in [1.807, 2.05) is 18.2 Å². The van der Waals surface area contributed by atoms with Crippen LogP contribution in [0, 0.1) is 0 Å². The van der Waals surface area contributed by atoms with Gasteiger partial charge in [0.05, 0.1) is 0 Å². The fourth-order valence-corrected chi connectivity index (χ4v) is 6.90. The summed E-state index contributed by atoms with van der Waals surface area (Å²) >= 11 is 0.144. The van der Waals surface area contributed by atoms with Gasteiger partial charge in [0.15, 0.2) is 0 Å². The SMILES string of the molecule is O=C1C([Se]c2ccccc2)C[C@@H]2C[C@@]1(O)[C@H]1CCCN21. The molecular formula is C16H19NO2Se. The minimum absolute atomic E-state index is 0.0549. The molecule has 3 nitrogen and oxygen atoms in total. The molecule has 1 aliphatic carbocycles. The molecule has 1 N–H and O–H groups in total. The monoisotopic (exact) mass is 337 g/mol. The van der Waals surface area contributed by atoms with Gasteiger partial charge < -0.3 is 0 Å². The van der Waals surface area contributed by atoms with Gasteiger partial charge >= 0.3 is 125 Å². The molecule has 0 spiro atoms. The molecule has 1 aromatic rings. The quantitative estimate of drug-likeness (QED) is 0.810. The third-order valence-corrected chi connectivity index (χ3v) is 7.68. The van der Waals surface area contributed by atoms with E-state index < -0.39 is 5.60 Å². The van der Waals surface area contributed by atoms with Crippen molar-refractivity contribution in [2.24, 2.45) is 0 Å². The van der Waals surface area contributed by atoms with Crippen molar-refractivity contribution < 1.29 is 9.90 Å². The number of rotatable bonds is 2. The zero-order valence-electron chi connectivity index (χ0n) is 11.4. The van der Waals surface area contributed by atoms with Crippen LogP contribution in [0.1, 0.15) is 25.7 Å². The van der Waals surface area contributed by atoms with E-state index in [4.69, 9.17) is 0 Å². The van der Waals surface area contributed by atoms with Crippen molar-refractivity contribution in [2.45, 2.75) is 48.2 Å². The van der Waals surface area contributed by atoms with Crippen LogP contribution in [0.4, 0.5) is 0 Å². The van der Waals surface area contributed by atoms with E-state index >= 15 is 0 Å². The third kappa shape index (κ3) is 1.82. The topological polar surface area (TPSA) is 40.5 Å². The molecule has 2 aliphatic heterocycles. The second-order valence-electron chi connectivity index (χ2n) is 6.20. The van der Waals surface area contributed by atoms with Gasteiger partial charge in [-0.05, 0) is 0 Å². The molecule has 4 rings (SSSR count). The van der Waals surface area contributed by atoms with Crippen LogP contribution < -0.4 is 4.46 Å². The zero-order valence-corrected chi connectivity index (χ0v) is 13.1. The van der Waals surface area contributed by atoms with E-state index in [0.29, 0.717) is 12.5 Å². The minimum atomic E-state index is -1.04. The van der Waals surface area contributed by atoms with Crippen molar-refractivity contribution in [2.75, 3.05) is 6.54 Å². The number of benzene rings is 1. The molecule has 0 radical (unpaired) electrons. The third-order valence-electron chi connectivity index (χ3n) is 5.09. The molecule has 1 unspecified atom stereocenters. The average molecular weight is 336 g/mol. The van der Waals surface area contributed by atoms with E-state index in [-0.39, 0.29) is 31.6 Å². The van der Waals surface area contributed by atoms with Crippen LogP contribution in [0.25, 0.3) is 0 Å². The number of aliphatic hydroxyl groups is 1. The zero-order chi connectivity index (χ0) is 13.7. The van der Waals surface area contributed by atoms with Crippen molar-refractivity contribution in [3.63, 3.8) is 0 Å². The van der Waals surface area contributed by atoms with Crippen LogP contribution >= 0.6 is 0 Å². The van der Waals surface area contributed by atoms with Gasteiger partial charge in [0.1, 0.15) is 0 Å². The number of ketones is 1. The van der Waals surface area contributed by atoms with Gasteiger partial charge in [-0.25, -0.2) is 0 Å². The standard InChI is InChI=1S/C16H19NO2Se/c18-15-13(20-12-5-2-1-3-6-12)9-11-10-16(15,19)14-7-4-8-17(11)14/h1-3,5-6,11,13-14,19H,4,7-10H2/t11-,13?,14-,16-/m1/s1. The fourth-order valence-electron chi connectivity index (χ4n) is 4.23. The van der Waals surface area contributed by atoms with Crippen molar-refractivity contribution in [3.05, 3.63) is 30.3 Å². The molecule has 4 heteroatoms. The van der Waals surface area contributed by atoms with E-state index in [1.54, 1.807) is 0 Å². The number of carbonyl (C=O) groups excluding carboxylic acids is 1. The molecule has 0 aromatic heterocycles. The van der Waals surface area contributed by atoms with Gasteiger partial charge in [-0.1, -0.05) is 0 Å². The fraction of sp³-hybridized carbons (Fsp3) is 0.562. The normalized spacial score (nSPS) is 40.0. The first-order chi connectivity index (χ1) is 9.68. The Morgan fingerprint density at radius 2 is 2.10 bits per heavy atom. The summed E-state index contributed by atoms with van der Waals surface area (Å²) in [5.41, 5.74) is -1.04. The Hall–Kier alpha value is -0.671. The van der Waals surface area contributed by atoms with Gasteiger partial charge in [-0.2, -0.15) is 0 Å². The first kappa shape index (κ1) is 13.0.